The topological polar surface area (TPSA) is 28.7 Å². The molecule has 0 radical (unpaired) electrons. The molecule has 0 amide bonds. The fraction of sp³-hybridized carbons (Fsp3) is 0.0833. The normalized spacial score (nSPS) is 11.2. The van der Waals surface area contributed by atoms with Crippen molar-refractivity contribution >= 4 is 21.8 Å². The van der Waals surface area contributed by atoms with Gasteiger partial charge in [0.2, 0.25) is 0 Å². The SMILES string of the molecule is Cc1cccc2c1[nH]c1cnccc12. The molecule has 0 unspecified atom stereocenters. The Balaban J connectivity index is 2.63. The van der Waals surface area contributed by atoms with Gasteiger partial charge in [0.15, 0.2) is 0 Å². The highest BCUT2D eigenvalue weighted by molar-refractivity contribution is 6.07. The van der Waals surface area contributed by atoms with Crippen LogP contribution in [0.3, 0.4) is 0 Å². The summed E-state index contributed by atoms with van der Waals surface area (Å²) in [7, 11) is 0. The minimum atomic E-state index is 1.11. The molecule has 2 heteroatoms. The first kappa shape index (κ1) is 7.56. The summed E-state index contributed by atoms with van der Waals surface area (Å²) in [4.78, 5) is 7.49. The summed E-state index contributed by atoms with van der Waals surface area (Å²) in [6.07, 6.45) is 3.70. The van der Waals surface area contributed by atoms with Crippen molar-refractivity contribution in [2.75, 3.05) is 0 Å². The molecule has 2 heterocycles. The van der Waals surface area contributed by atoms with Gasteiger partial charge in [0.05, 0.1) is 11.7 Å². The zero-order chi connectivity index (χ0) is 9.54. The number of nitrogens with one attached hydrogen (secondary N) is 1. The third-order valence-electron chi connectivity index (χ3n) is 2.64. The molecule has 2 aromatic heterocycles. The van der Waals surface area contributed by atoms with Crippen LogP contribution < -0.4 is 0 Å². The zero-order valence-electron chi connectivity index (χ0n) is 7.91. The molecule has 2 nitrogen and oxygen atoms in total. The Kier molecular flexibility index (Phi) is 1.39. The molecular formula is C12H10N2. The van der Waals surface area contributed by atoms with Crippen molar-refractivity contribution < 1.29 is 0 Å². The van der Waals surface area contributed by atoms with Crippen molar-refractivity contribution in [3.63, 3.8) is 0 Å². The highest BCUT2D eigenvalue weighted by Gasteiger charge is 2.04. The van der Waals surface area contributed by atoms with E-state index in [0.29, 0.717) is 0 Å². The number of hydrogen-bond acceptors (Lipinski definition) is 1. The van der Waals surface area contributed by atoms with E-state index < -0.39 is 0 Å². The van der Waals surface area contributed by atoms with E-state index in [9.17, 15) is 0 Å². The van der Waals surface area contributed by atoms with Crippen molar-refractivity contribution in [3.8, 4) is 0 Å². The minimum Gasteiger partial charge on any atom is -0.353 e. The van der Waals surface area contributed by atoms with Crippen molar-refractivity contribution in [2.45, 2.75) is 6.92 Å². The summed E-state index contributed by atoms with van der Waals surface area (Å²) in [5.41, 5.74) is 3.60. The molecular weight excluding hydrogens is 172 g/mol. The summed E-state index contributed by atoms with van der Waals surface area (Å²) in [6, 6.07) is 8.39. The lowest BCUT2D eigenvalue weighted by molar-refractivity contribution is 1.34. The van der Waals surface area contributed by atoms with Crippen LogP contribution in [0.5, 0.6) is 0 Å². The van der Waals surface area contributed by atoms with Crippen molar-refractivity contribution in [1.29, 1.82) is 0 Å². The number of pyridine rings is 1. The highest BCUT2D eigenvalue weighted by atomic mass is 14.7. The molecule has 3 rings (SSSR count). The number of benzene rings is 1. The number of aromatic nitrogens is 2. The Bertz CT molecular complexity index is 608. The summed E-state index contributed by atoms with van der Waals surface area (Å²) >= 11 is 0. The molecule has 0 bridgehead atoms. The van der Waals surface area contributed by atoms with E-state index in [1.54, 1.807) is 0 Å². The molecule has 3 aromatic rings. The van der Waals surface area contributed by atoms with Crippen LogP contribution in [0, 0.1) is 6.92 Å². The molecule has 0 atom stereocenters. The van der Waals surface area contributed by atoms with Gasteiger partial charge in [0, 0.05) is 22.5 Å². The largest absolute Gasteiger partial charge is 0.353 e. The second kappa shape index (κ2) is 2.58. The third kappa shape index (κ3) is 0.880. The van der Waals surface area contributed by atoms with Crippen LogP contribution in [0.1, 0.15) is 5.56 Å². The number of rotatable bonds is 0. The molecule has 0 saturated carbocycles. The van der Waals surface area contributed by atoms with E-state index >= 15 is 0 Å². The number of aromatic amines is 1. The number of hydrogen-bond donors (Lipinski definition) is 1. The molecule has 1 aromatic carbocycles. The van der Waals surface area contributed by atoms with Gasteiger partial charge in [-0.1, -0.05) is 18.2 Å². The van der Waals surface area contributed by atoms with Gasteiger partial charge in [0.1, 0.15) is 0 Å². The van der Waals surface area contributed by atoms with Crippen molar-refractivity contribution in [2.24, 2.45) is 0 Å². The minimum absolute atomic E-state index is 1.11. The fourth-order valence-electron chi connectivity index (χ4n) is 1.92. The summed E-state index contributed by atoms with van der Waals surface area (Å²) < 4.78 is 0. The van der Waals surface area contributed by atoms with E-state index in [1.165, 1.54) is 21.9 Å². The van der Waals surface area contributed by atoms with Gasteiger partial charge in [-0.2, -0.15) is 0 Å². The van der Waals surface area contributed by atoms with Gasteiger partial charge in [-0.15, -0.1) is 0 Å². The lowest BCUT2D eigenvalue weighted by Crippen LogP contribution is -1.73. The lowest BCUT2D eigenvalue weighted by atomic mass is 10.1. The molecule has 0 aliphatic carbocycles. The Morgan fingerprint density at radius 1 is 1.14 bits per heavy atom. The maximum Gasteiger partial charge on any atom is 0.0651 e. The molecule has 0 aliphatic heterocycles. The molecule has 1 N–H and O–H groups in total. The second-order valence-electron chi connectivity index (χ2n) is 3.54. The first-order chi connectivity index (χ1) is 6.86. The third-order valence-corrected chi connectivity index (χ3v) is 2.64. The zero-order valence-corrected chi connectivity index (χ0v) is 7.91. The van der Waals surface area contributed by atoms with Crippen LogP contribution in [0.4, 0.5) is 0 Å². The quantitative estimate of drug-likeness (QED) is 0.568. The predicted octanol–water partition coefficient (Wildman–Crippen LogP) is 3.02. The second-order valence-corrected chi connectivity index (χ2v) is 3.54. The van der Waals surface area contributed by atoms with Crippen molar-refractivity contribution in [3.05, 3.63) is 42.2 Å². The van der Waals surface area contributed by atoms with Crippen LogP contribution in [0.15, 0.2) is 36.7 Å². The van der Waals surface area contributed by atoms with Crippen LogP contribution in [0.2, 0.25) is 0 Å². The lowest BCUT2D eigenvalue weighted by Gasteiger charge is -1.93. The number of nitrogens with zero attached hydrogens (tertiary/aromatic N) is 1. The molecule has 0 saturated heterocycles. The van der Waals surface area contributed by atoms with Gasteiger partial charge in [-0.3, -0.25) is 4.98 Å². The summed E-state index contributed by atoms with van der Waals surface area (Å²) in [5.74, 6) is 0. The Labute approximate surface area is 81.6 Å². The Morgan fingerprint density at radius 3 is 3.00 bits per heavy atom. The van der Waals surface area contributed by atoms with Gasteiger partial charge < -0.3 is 4.98 Å². The van der Waals surface area contributed by atoms with Gasteiger partial charge in [-0.25, -0.2) is 0 Å². The first-order valence-corrected chi connectivity index (χ1v) is 4.67. The molecule has 68 valence electrons. The Morgan fingerprint density at radius 2 is 2.07 bits per heavy atom. The average Bonchev–Trinajstić information content (AvgIpc) is 2.59. The van der Waals surface area contributed by atoms with E-state index in [2.05, 4.69) is 35.1 Å². The first-order valence-electron chi connectivity index (χ1n) is 4.67. The highest BCUT2D eigenvalue weighted by Crippen LogP contribution is 2.26. The van der Waals surface area contributed by atoms with Gasteiger partial charge in [0.25, 0.3) is 0 Å². The smallest absolute Gasteiger partial charge is 0.0651 e. The maximum atomic E-state index is 4.11. The van der Waals surface area contributed by atoms with E-state index in [0.717, 1.165) is 5.52 Å². The van der Waals surface area contributed by atoms with Crippen LogP contribution in [-0.2, 0) is 0 Å². The van der Waals surface area contributed by atoms with Crippen LogP contribution in [-0.4, -0.2) is 9.97 Å². The van der Waals surface area contributed by atoms with E-state index in [4.69, 9.17) is 0 Å². The fourth-order valence-corrected chi connectivity index (χ4v) is 1.92. The van der Waals surface area contributed by atoms with Crippen LogP contribution in [0.25, 0.3) is 21.8 Å². The number of H-pyrrole nitrogens is 1. The van der Waals surface area contributed by atoms with Gasteiger partial charge >= 0.3 is 0 Å². The number of para-hydroxylation sites is 1. The number of aryl methyl sites for hydroxylation is 1. The van der Waals surface area contributed by atoms with Crippen molar-refractivity contribution in [1.82, 2.24) is 9.97 Å². The number of fused-ring (bicyclic) bond motifs is 3. The van der Waals surface area contributed by atoms with E-state index in [1.807, 2.05) is 18.5 Å². The molecule has 0 fully saturated rings. The monoisotopic (exact) mass is 182 g/mol. The van der Waals surface area contributed by atoms with E-state index in [-0.39, 0.29) is 0 Å². The summed E-state index contributed by atoms with van der Waals surface area (Å²) in [5, 5.41) is 2.53. The van der Waals surface area contributed by atoms with Crippen LogP contribution >= 0.6 is 0 Å². The predicted molar refractivity (Wildman–Crippen MR) is 58.3 cm³/mol. The standard InChI is InChI=1S/C12H10N2/c1-8-3-2-4-10-9-5-6-13-7-11(9)14-12(8)10/h2-7,14H,1H3. The average molecular weight is 182 g/mol. The summed E-state index contributed by atoms with van der Waals surface area (Å²) in [6.45, 7) is 2.12. The van der Waals surface area contributed by atoms with Gasteiger partial charge in [-0.05, 0) is 18.6 Å². The molecule has 14 heavy (non-hydrogen) atoms. The maximum absolute atomic E-state index is 4.11. The molecule has 0 spiro atoms. The Hall–Kier alpha value is -1.83. The molecule has 0 aliphatic rings.